The maximum absolute atomic E-state index is 12.5. The lowest BCUT2D eigenvalue weighted by Gasteiger charge is -2.34. The molecule has 0 spiro atoms. The normalized spacial score (nSPS) is 32.4. The van der Waals surface area contributed by atoms with Crippen LogP contribution in [-0.2, 0) is 0 Å². The van der Waals surface area contributed by atoms with Gasteiger partial charge < -0.3 is 0 Å². The van der Waals surface area contributed by atoms with Crippen molar-refractivity contribution in [2.45, 2.75) is 44.6 Å². The quantitative estimate of drug-likeness (QED) is 0.749. The molecule has 1 heterocycles. The molecule has 1 aliphatic heterocycles. The molecule has 4 rings (SSSR count). The molecule has 2 saturated carbocycles. The van der Waals surface area contributed by atoms with Crippen LogP contribution in [0.4, 0.5) is 0 Å². The number of hydrazone groups is 1. The summed E-state index contributed by atoms with van der Waals surface area (Å²) in [5, 5.41) is 4.56. The minimum atomic E-state index is -0.102. The van der Waals surface area contributed by atoms with Crippen molar-refractivity contribution in [3.63, 3.8) is 0 Å². The molecule has 3 fully saturated rings. The van der Waals surface area contributed by atoms with Gasteiger partial charge in [0.1, 0.15) is 0 Å². The number of rotatable bonds is 3. The Hall–Kier alpha value is -0.940. The lowest BCUT2D eigenvalue weighted by atomic mass is 9.70. The van der Waals surface area contributed by atoms with Gasteiger partial charge >= 0.3 is 0 Å². The summed E-state index contributed by atoms with van der Waals surface area (Å²) in [5.41, 5.74) is 6.40. The Morgan fingerprint density at radius 1 is 1.16 bits per heavy atom. The maximum Gasteiger partial charge on any atom is 0.271 e. The van der Waals surface area contributed by atoms with Gasteiger partial charge in [-0.25, -0.2) is 5.43 Å². The summed E-state index contributed by atoms with van der Waals surface area (Å²) in [4.78, 5) is 12.5. The third kappa shape index (κ3) is 2.84. The summed E-state index contributed by atoms with van der Waals surface area (Å²) in [7, 11) is 0. The van der Waals surface area contributed by atoms with E-state index in [4.69, 9.17) is 0 Å². The van der Waals surface area contributed by atoms with Crippen molar-refractivity contribution in [3.8, 4) is 0 Å². The third-order valence-electron chi connectivity index (χ3n) is 6.87. The van der Waals surface area contributed by atoms with Crippen LogP contribution >= 0.6 is 23.5 Å². The van der Waals surface area contributed by atoms with E-state index < -0.39 is 0 Å². The molecule has 1 aromatic rings. The van der Waals surface area contributed by atoms with E-state index in [9.17, 15) is 4.79 Å². The fraction of sp³-hybridized carbons (Fsp3) is 0.600. The van der Waals surface area contributed by atoms with Crippen molar-refractivity contribution < 1.29 is 4.79 Å². The van der Waals surface area contributed by atoms with Crippen molar-refractivity contribution in [2.75, 3.05) is 11.5 Å². The lowest BCUT2D eigenvalue weighted by molar-refractivity contribution is 0.0954. The molecule has 134 valence electrons. The van der Waals surface area contributed by atoms with E-state index in [1.165, 1.54) is 35.6 Å². The van der Waals surface area contributed by atoms with Crippen LogP contribution in [0.3, 0.4) is 0 Å². The van der Waals surface area contributed by atoms with Gasteiger partial charge in [0.05, 0.1) is 4.58 Å². The van der Waals surface area contributed by atoms with Crippen LogP contribution in [0.15, 0.2) is 29.4 Å². The Kier molecular flexibility index (Phi) is 4.43. The molecule has 1 aromatic carbocycles. The van der Waals surface area contributed by atoms with Gasteiger partial charge in [0, 0.05) is 28.2 Å². The first kappa shape index (κ1) is 17.5. The molecule has 0 aromatic heterocycles. The van der Waals surface area contributed by atoms with E-state index in [1.807, 2.05) is 35.7 Å². The molecule has 2 bridgehead atoms. The largest absolute Gasteiger partial charge is 0.271 e. The van der Waals surface area contributed by atoms with Gasteiger partial charge in [-0.05, 0) is 48.3 Å². The maximum atomic E-state index is 12.5. The highest BCUT2D eigenvalue weighted by molar-refractivity contribution is 8.19. The average molecular weight is 375 g/mol. The molecule has 25 heavy (non-hydrogen) atoms. The molecule has 3 aliphatic rings. The summed E-state index contributed by atoms with van der Waals surface area (Å²) < 4.78 is 0.522. The number of hydrogen-bond acceptors (Lipinski definition) is 4. The highest BCUT2D eigenvalue weighted by Gasteiger charge is 2.60. The lowest BCUT2D eigenvalue weighted by Crippen LogP contribution is -2.34. The first-order chi connectivity index (χ1) is 11.9. The van der Waals surface area contributed by atoms with Gasteiger partial charge in [-0.2, -0.15) is 5.10 Å². The Bertz CT molecular complexity index is 707. The topological polar surface area (TPSA) is 41.5 Å². The van der Waals surface area contributed by atoms with Crippen molar-refractivity contribution in [1.29, 1.82) is 0 Å². The molecular weight excluding hydrogens is 348 g/mol. The van der Waals surface area contributed by atoms with Crippen LogP contribution < -0.4 is 5.43 Å². The molecular formula is C20H26N2OS2. The monoisotopic (exact) mass is 374 g/mol. The third-order valence-corrected chi connectivity index (χ3v) is 9.98. The predicted molar refractivity (Wildman–Crippen MR) is 108 cm³/mol. The van der Waals surface area contributed by atoms with Gasteiger partial charge in [-0.3, -0.25) is 4.79 Å². The Morgan fingerprint density at radius 2 is 1.84 bits per heavy atom. The molecule has 1 N–H and O–H groups in total. The van der Waals surface area contributed by atoms with Crippen LogP contribution in [0.25, 0.3) is 0 Å². The average Bonchev–Trinajstić information content (AvgIpc) is 3.26. The minimum Gasteiger partial charge on any atom is -0.267 e. The van der Waals surface area contributed by atoms with Crippen LogP contribution in [0.2, 0.25) is 0 Å². The number of thioether (sulfide) groups is 2. The van der Waals surface area contributed by atoms with Crippen molar-refractivity contribution in [2.24, 2.45) is 21.8 Å². The van der Waals surface area contributed by atoms with Crippen LogP contribution in [0.1, 0.15) is 60.5 Å². The smallest absolute Gasteiger partial charge is 0.267 e. The second-order valence-electron chi connectivity index (χ2n) is 8.19. The number of benzene rings is 1. The molecule has 0 radical (unpaired) electrons. The fourth-order valence-corrected chi connectivity index (χ4v) is 7.48. The van der Waals surface area contributed by atoms with Gasteiger partial charge in [0.25, 0.3) is 5.91 Å². The molecule has 2 atom stereocenters. The Labute approximate surface area is 158 Å². The Balaban J connectivity index is 1.44. The summed E-state index contributed by atoms with van der Waals surface area (Å²) in [6, 6.07) is 8.02. The minimum absolute atomic E-state index is 0.102. The zero-order valence-electron chi connectivity index (χ0n) is 15.2. The van der Waals surface area contributed by atoms with Gasteiger partial charge in [-0.15, -0.1) is 23.5 Å². The summed E-state index contributed by atoms with van der Waals surface area (Å²) in [6.45, 7) is 7.02. The predicted octanol–water partition coefficient (Wildman–Crippen LogP) is 5.10. The van der Waals surface area contributed by atoms with Gasteiger partial charge in [0.15, 0.2) is 0 Å². The fourth-order valence-electron chi connectivity index (χ4n) is 4.62. The first-order valence-corrected chi connectivity index (χ1v) is 11.2. The van der Waals surface area contributed by atoms with E-state index in [1.54, 1.807) is 0 Å². The zero-order chi connectivity index (χ0) is 17.7. The van der Waals surface area contributed by atoms with E-state index in [-0.39, 0.29) is 16.7 Å². The zero-order valence-corrected chi connectivity index (χ0v) is 16.8. The second kappa shape index (κ2) is 6.34. The molecule has 3 nitrogen and oxygen atoms in total. The SMILES string of the molecule is CC1(C)[C@H]2CC[C@@]1(C)/C(=N/NC(=O)c1ccc(C3SCCS3)cc1)C2. The van der Waals surface area contributed by atoms with E-state index in [2.05, 4.69) is 43.4 Å². The summed E-state index contributed by atoms with van der Waals surface area (Å²) in [6.07, 6.45) is 3.50. The van der Waals surface area contributed by atoms with E-state index >= 15 is 0 Å². The molecule has 1 saturated heterocycles. The highest BCUT2D eigenvalue weighted by Crippen LogP contribution is 2.63. The van der Waals surface area contributed by atoms with Gasteiger partial charge in [0.2, 0.25) is 0 Å². The van der Waals surface area contributed by atoms with Crippen molar-refractivity contribution >= 4 is 35.1 Å². The standard InChI is InChI=1S/C20H26N2OS2/c1-19(2)15-8-9-20(19,3)16(12-15)21-22-17(23)13-4-6-14(7-5-13)18-24-10-11-25-18/h4-7,15,18H,8-12H2,1-3H3,(H,22,23)/b21-16+/t15-,20-/m0/s1. The highest BCUT2D eigenvalue weighted by atomic mass is 32.2. The molecule has 0 unspecified atom stereocenters. The molecule has 1 amide bonds. The molecule has 5 heteroatoms. The number of hydrogen-bond donors (Lipinski definition) is 1. The van der Waals surface area contributed by atoms with Crippen LogP contribution in [0.5, 0.6) is 0 Å². The summed E-state index contributed by atoms with van der Waals surface area (Å²) >= 11 is 3.97. The summed E-state index contributed by atoms with van der Waals surface area (Å²) in [5.74, 6) is 3.03. The van der Waals surface area contributed by atoms with Crippen molar-refractivity contribution in [3.05, 3.63) is 35.4 Å². The van der Waals surface area contributed by atoms with E-state index in [0.717, 1.165) is 6.42 Å². The number of carbonyl (C=O) groups is 1. The van der Waals surface area contributed by atoms with Crippen LogP contribution in [-0.4, -0.2) is 23.1 Å². The Morgan fingerprint density at radius 3 is 2.40 bits per heavy atom. The van der Waals surface area contributed by atoms with Crippen LogP contribution in [0, 0.1) is 16.7 Å². The van der Waals surface area contributed by atoms with Crippen molar-refractivity contribution in [1.82, 2.24) is 5.43 Å². The number of nitrogens with one attached hydrogen (secondary N) is 1. The second-order valence-corrected chi connectivity index (χ2v) is 10.9. The number of amides is 1. The number of nitrogens with zero attached hydrogens (tertiary/aromatic N) is 1. The first-order valence-electron chi connectivity index (χ1n) is 9.12. The number of carbonyl (C=O) groups excluding carboxylic acids is 1. The number of fused-ring (bicyclic) bond motifs is 2. The molecule has 2 aliphatic carbocycles. The van der Waals surface area contributed by atoms with Gasteiger partial charge in [-0.1, -0.05) is 32.9 Å². The van der Waals surface area contributed by atoms with E-state index in [0.29, 0.717) is 16.1 Å².